The van der Waals surface area contributed by atoms with Gasteiger partial charge < -0.3 is 25.2 Å². The average molecular weight is 364 g/mol. The number of carboxylic acids is 1. The first kappa shape index (κ1) is 19.7. The summed E-state index contributed by atoms with van der Waals surface area (Å²) in [7, 11) is 0. The highest BCUT2D eigenvalue weighted by molar-refractivity contribution is 5.90. The molecule has 2 amide bonds. The van der Waals surface area contributed by atoms with Crippen LogP contribution < -0.4 is 5.32 Å². The fourth-order valence-electron chi connectivity index (χ4n) is 2.88. The third-order valence-electron chi connectivity index (χ3n) is 4.27. The third kappa shape index (κ3) is 4.95. The highest BCUT2D eigenvalue weighted by Gasteiger charge is 2.42. The maximum absolute atomic E-state index is 12.7. The molecule has 0 aromatic heterocycles. The summed E-state index contributed by atoms with van der Waals surface area (Å²) in [5.74, 6) is -2.00. The molecule has 8 heteroatoms. The van der Waals surface area contributed by atoms with Crippen LogP contribution in [0.25, 0.3) is 0 Å². The van der Waals surface area contributed by atoms with Gasteiger partial charge in [0.1, 0.15) is 18.7 Å². The van der Waals surface area contributed by atoms with Crippen molar-refractivity contribution in [1.82, 2.24) is 10.2 Å². The standard InChI is InChI=1S/C18H24N2O6/c1-11(2)15(16(22)20-9-13(21)8-14(20)17(23)24)19-18(25)26-10-12-6-4-3-5-7-12/h3-7,11,13-15,21H,8-10H2,1-2H3,(H,19,25)(H,23,24)/t13-,14+,15?/m1/s1. The van der Waals surface area contributed by atoms with E-state index in [0.29, 0.717) is 0 Å². The van der Waals surface area contributed by atoms with Crippen LogP contribution in [-0.2, 0) is 20.9 Å². The lowest BCUT2D eigenvalue weighted by Gasteiger charge is -2.29. The molecule has 142 valence electrons. The highest BCUT2D eigenvalue weighted by atomic mass is 16.5. The van der Waals surface area contributed by atoms with Crippen LogP contribution in [0.5, 0.6) is 0 Å². The molecule has 0 saturated carbocycles. The van der Waals surface area contributed by atoms with Gasteiger partial charge in [0, 0.05) is 13.0 Å². The second-order valence-corrected chi connectivity index (χ2v) is 6.66. The van der Waals surface area contributed by atoms with Crippen LogP contribution >= 0.6 is 0 Å². The van der Waals surface area contributed by atoms with E-state index in [1.54, 1.807) is 26.0 Å². The Balaban J connectivity index is 2.00. The van der Waals surface area contributed by atoms with Crippen molar-refractivity contribution in [3.05, 3.63) is 35.9 Å². The first-order chi connectivity index (χ1) is 12.3. The summed E-state index contributed by atoms with van der Waals surface area (Å²) in [6.07, 6.45) is -1.67. The molecule has 1 aromatic rings. The number of nitrogens with one attached hydrogen (secondary N) is 1. The SMILES string of the molecule is CC(C)C(NC(=O)OCc1ccccc1)C(=O)N1C[C@H](O)C[C@H]1C(=O)O. The highest BCUT2D eigenvalue weighted by Crippen LogP contribution is 2.21. The molecular formula is C18H24N2O6. The Morgan fingerprint density at radius 2 is 1.92 bits per heavy atom. The monoisotopic (exact) mass is 364 g/mol. The van der Waals surface area contributed by atoms with Gasteiger partial charge in [0.2, 0.25) is 5.91 Å². The number of hydrogen-bond acceptors (Lipinski definition) is 5. The fraction of sp³-hybridized carbons (Fsp3) is 0.500. The van der Waals surface area contributed by atoms with E-state index in [1.807, 2.05) is 18.2 Å². The zero-order valence-electron chi connectivity index (χ0n) is 14.8. The van der Waals surface area contributed by atoms with E-state index in [4.69, 9.17) is 4.74 Å². The van der Waals surface area contributed by atoms with Crippen LogP contribution in [0, 0.1) is 5.92 Å². The summed E-state index contributed by atoms with van der Waals surface area (Å²) in [5, 5.41) is 21.5. The Labute approximate surface area is 151 Å². The van der Waals surface area contributed by atoms with Gasteiger partial charge in [0.05, 0.1) is 6.10 Å². The third-order valence-corrected chi connectivity index (χ3v) is 4.27. The van der Waals surface area contributed by atoms with Gasteiger partial charge in [-0.15, -0.1) is 0 Å². The summed E-state index contributed by atoms with van der Waals surface area (Å²) in [4.78, 5) is 37.2. The Morgan fingerprint density at radius 1 is 1.27 bits per heavy atom. The molecule has 1 aliphatic rings. The number of carbonyl (C=O) groups is 3. The largest absolute Gasteiger partial charge is 0.480 e. The Hall–Kier alpha value is -2.61. The molecule has 1 aliphatic heterocycles. The number of alkyl carbamates (subject to hydrolysis) is 1. The number of ether oxygens (including phenoxy) is 1. The molecule has 2 rings (SSSR count). The molecule has 3 N–H and O–H groups in total. The predicted molar refractivity (Wildman–Crippen MR) is 92.1 cm³/mol. The number of aliphatic carboxylic acids is 1. The van der Waals surface area contributed by atoms with Crippen LogP contribution in [0.15, 0.2) is 30.3 Å². The first-order valence-corrected chi connectivity index (χ1v) is 8.48. The second-order valence-electron chi connectivity index (χ2n) is 6.66. The molecule has 1 saturated heterocycles. The van der Waals surface area contributed by atoms with E-state index in [2.05, 4.69) is 5.32 Å². The second kappa shape index (κ2) is 8.66. The number of amides is 2. The zero-order valence-corrected chi connectivity index (χ0v) is 14.8. The van der Waals surface area contributed by atoms with E-state index in [1.165, 1.54) is 0 Å². The van der Waals surface area contributed by atoms with E-state index in [-0.39, 0.29) is 25.5 Å². The number of likely N-dealkylation sites (tertiary alicyclic amines) is 1. The molecule has 0 aliphatic carbocycles. The summed E-state index contributed by atoms with van der Waals surface area (Å²) in [6, 6.07) is 7.07. The normalized spacial score (nSPS) is 20.7. The van der Waals surface area contributed by atoms with Crippen LogP contribution in [0.2, 0.25) is 0 Å². The van der Waals surface area contributed by atoms with E-state index >= 15 is 0 Å². The van der Waals surface area contributed by atoms with Crippen LogP contribution in [0.4, 0.5) is 4.79 Å². The first-order valence-electron chi connectivity index (χ1n) is 8.48. The molecule has 8 nitrogen and oxygen atoms in total. The molecule has 1 heterocycles. The average Bonchev–Trinajstić information content (AvgIpc) is 3.00. The van der Waals surface area contributed by atoms with Crippen molar-refractivity contribution >= 4 is 18.0 Å². The number of nitrogens with zero attached hydrogens (tertiary/aromatic N) is 1. The van der Waals surface area contributed by atoms with Crippen molar-refractivity contribution in [3.63, 3.8) is 0 Å². The topological polar surface area (TPSA) is 116 Å². The van der Waals surface area contributed by atoms with Crippen molar-refractivity contribution in [3.8, 4) is 0 Å². The van der Waals surface area contributed by atoms with Crippen molar-refractivity contribution in [2.24, 2.45) is 5.92 Å². The summed E-state index contributed by atoms with van der Waals surface area (Å²) >= 11 is 0. The van der Waals surface area contributed by atoms with Gasteiger partial charge in [-0.2, -0.15) is 0 Å². The molecule has 0 bridgehead atoms. The molecule has 0 spiro atoms. The number of aliphatic hydroxyl groups is 1. The number of rotatable bonds is 6. The molecule has 1 aromatic carbocycles. The van der Waals surface area contributed by atoms with Crippen LogP contribution in [-0.4, -0.2) is 57.8 Å². The number of carboxylic acid groups (broad SMARTS) is 1. The molecule has 26 heavy (non-hydrogen) atoms. The summed E-state index contributed by atoms with van der Waals surface area (Å²) < 4.78 is 5.13. The minimum atomic E-state index is -1.18. The van der Waals surface area contributed by atoms with E-state index < -0.39 is 36.2 Å². The lowest BCUT2D eigenvalue weighted by atomic mass is 10.0. The number of aliphatic hydroxyl groups excluding tert-OH is 1. The maximum Gasteiger partial charge on any atom is 0.408 e. The predicted octanol–water partition coefficient (Wildman–Crippen LogP) is 0.984. The van der Waals surface area contributed by atoms with Gasteiger partial charge in [-0.25, -0.2) is 9.59 Å². The van der Waals surface area contributed by atoms with Gasteiger partial charge in [-0.05, 0) is 11.5 Å². The van der Waals surface area contributed by atoms with Crippen molar-refractivity contribution in [1.29, 1.82) is 0 Å². The minimum absolute atomic E-state index is 0.0235. The molecule has 0 radical (unpaired) electrons. The number of benzene rings is 1. The maximum atomic E-state index is 12.7. The quantitative estimate of drug-likeness (QED) is 0.693. The molecular weight excluding hydrogens is 340 g/mol. The van der Waals surface area contributed by atoms with E-state index in [0.717, 1.165) is 10.5 Å². The zero-order chi connectivity index (χ0) is 19.3. The smallest absolute Gasteiger partial charge is 0.408 e. The Morgan fingerprint density at radius 3 is 2.50 bits per heavy atom. The van der Waals surface area contributed by atoms with Crippen molar-refractivity contribution in [2.75, 3.05) is 6.54 Å². The lowest BCUT2D eigenvalue weighted by molar-refractivity contribution is -0.149. The number of β-amino-alcohol motifs (C(OH)–C–C–N with tert-alkyl or cyclic N) is 1. The molecule has 1 fully saturated rings. The summed E-state index contributed by atoms with van der Waals surface area (Å²) in [6.45, 7) is 3.47. The van der Waals surface area contributed by atoms with Gasteiger partial charge in [0.25, 0.3) is 0 Å². The van der Waals surface area contributed by atoms with Gasteiger partial charge in [0.15, 0.2) is 0 Å². The lowest BCUT2D eigenvalue weighted by Crippen LogP contribution is -2.54. The van der Waals surface area contributed by atoms with Gasteiger partial charge in [-0.1, -0.05) is 44.2 Å². The molecule has 3 atom stereocenters. The summed E-state index contributed by atoms with van der Waals surface area (Å²) in [5.41, 5.74) is 0.809. The number of carbonyl (C=O) groups excluding carboxylic acids is 2. The fourth-order valence-corrected chi connectivity index (χ4v) is 2.88. The minimum Gasteiger partial charge on any atom is -0.480 e. The van der Waals surface area contributed by atoms with Gasteiger partial charge in [-0.3, -0.25) is 4.79 Å². The Kier molecular flexibility index (Phi) is 6.57. The Bertz CT molecular complexity index is 648. The van der Waals surface area contributed by atoms with Crippen LogP contribution in [0.3, 0.4) is 0 Å². The van der Waals surface area contributed by atoms with E-state index in [9.17, 15) is 24.6 Å². The van der Waals surface area contributed by atoms with Crippen molar-refractivity contribution < 1.29 is 29.3 Å². The molecule has 1 unspecified atom stereocenters. The van der Waals surface area contributed by atoms with Crippen molar-refractivity contribution in [2.45, 2.75) is 45.1 Å². The van der Waals surface area contributed by atoms with Crippen LogP contribution in [0.1, 0.15) is 25.8 Å². The number of hydrogen-bond donors (Lipinski definition) is 3. The van der Waals surface area contributed by atoms with Gasteiger partial charge >= 0.3 is 12.1 Å².